The van der Waals surface area contributed by atoms with Crippen molar-refractivity contribution >= 4 is 28.6 Å². The van der Waals surface area contributed by atoms with Gasteiger partial charge in [-0.15, -0.1) is 0 Å². The fourth-order valence-corrected chi connectivity index (χ4v) is 4.33. The zero-order chi connectivity index (χ0) is 22.2. The summed E-state index contributed by atoms with van der Waals surface area (Å²) in [7, 11) is 1.64. The van der Waals surface area contributed by atoms with E-state index in [1.165, 1.54) is 0 Å². The molecule has 1 aliphatic rings. The van der Waals surface area contributed by atoms with Gasteiger partial charge in [0, 0.05) is 11.8 Å². The number of anilines is 2. The van der Waals surface area contributed by atoms with Crippen molar-refractivity contribution in [2.24, 2.45) is 0 Å². The second-order valence-electron chi connectivity index (χ2n) is 8.03. The van der Waals surface area contributed by atoms with Crippen molar-refractivity contribution in [3.05, 3.63) is 76.7 Å². The number of hydrogen-bond acceptors (Lipinski definition) is 7. The monoisotopic (exact) mass is 425 g/mol. The Kier molecular flexibility index (Phi) is 5.01. The first-order valence-corrected chi connectivity index (χ1v) is 10.6. The van der Waals surface area contributed by atoms with Crippen LogP contribution in [0.3, 0.4) is 0 Å². The molecule has 0 amide bonds. The molecule has 1 N–H and O–H groups in total. The second-order valence-corrected chi connectivity index (χ2v) is 8.03. The summed E-state index contributed by atoms with van der Waals surface area (Å²) in [5, 5.41) is 4.15. The topological polar surface area (TPSA) is 89.9 Å². The summed E-state index contributed by atoms with van der Waals surface area (Å²) in [6, 6.07) is 15.7. The molecule has 2 aromatic carbocycles. The van der Waals surface area contributed by atoms with E-state index in [2.05, 4.69) is 20.3 Å². The smallest absolute Gasteiger partial charge is 0.230 e. The molecule has 160 valence electrons. The lowest BCUT2D eigenvalue weighted by molar-refractivity contribution is 0.0962. The van der Waals surface area contributed by atoms with Gasteiger partial charge >= 0.3 is 0 Å². The number of ether oxygens (including phenoxy) is 1. The van der Waals surface area contributed by atoms with Crippen molar-refractivity contribution in [1.82, 2.24) is 19.9 Å². The van der Waals surface area contributed by atoms with Crippen LogP contribution in [0.1, 0.15) is 45.3 Å². The van der Waals surface area contributed by atoms with Crippen LogP contribution in [-0.4, -0.2) is 32.8 Å². The van der Waals surface area contributed by atoms with Gasteiger partial charge in [0.05, 0.1) is 35.3 Å². The first kappa shape index (κ1) is 20.1. The average molecular weight is 425 g/mol. The lowest BCUT2D eigenvalue weighted by Crippen LogP contribution is -2.23. The predicted octanol–water partition coefficient (Wildman–Crippen LogP) is 4.70. The zero-order valence-electron chi connectivity index (χ0n) is 18.2. The highest BCUT2D eigenvalue weighted by atomic mass is 16.5. The summed E-state index contributed by atoms with van der Waals surface area (Å²) in [6.45, 7) is 3.80. The lowest BCUT2D eigenvalue weighted by atomic mass is 9.81. The highest BCUT2D eigenvalue weighted by Crippen LogP contribution is 2.34. The van der Waals surface area contributed by atoms with Crippen molar-refractivity contribution in [3.63, 3.8) is 0 Å². The van der Waals surface area contributed by atoms with E-state index in [0.717, 1.165) is 33.6 Å². The molecule has 0 radical (unpaired) electrons. The third kappa shape index (κ3) is 3.66. The molecule has 7 nitrogen and oxygen atoms in total. The number of hydrogen-bond donors (Lipinski definition) is 1. The summed E-state index contributed by atoms with van der Waals surface area (Å²) >= 11 is 0. The Bertz CT molecular complexity index is 1330. The molecular formula is C25H23N5O2. The molecule has 5 rings (SSSR count). The highest BCUT2D eigenvalue weighted by Gasteiger charge is 2.30. The largest absolute Gasteiger partial charge is 0.497 e. The summed E-state index contributed by atoms with van der Waals surface area (Å²) in [5.74, 6) is 1.79. The molecule has 0 saturated heterocycles. The predicted molar refractivity (Wildman–Crippen MR) is 123 cm³/mol. The second kappa shape index (κ2) is 8.00. The Morgan fingerprint density at radius 3 is 2.38 bits per heavy atom. The number of benzene rings is 2. The van der Waals surface area contributed by atoms with Crippen LogP contribution in [0.25, 0.3) is 10.9 Å². The number of carbonyl (C=O) groups excluding carboxylic acids is 1. The maximum absolute atomic E-state index is 12.9. The number of para-hydroxylation sites is 1. The van der Waals surface area contributed by atoms with Gasteiger partial charge in [0.2, 0.25) is 11.9 Å². The molecule has 2 aromatic heterocycles. The number of Topliss-reactive ketones (excluding diaryl/α,β-unsaturated/α-hetero) is 1. The average Bonchev–Trinajstić information content (AvgIpc) is 2.78. The van der Waals surface area contributed by atoms with E-state index >= 15 is 0 Å². The summed E-state index contributed by atoms with van der Waals surface area (Å²) in [5.41, 5.74) is 4.90. The number of carbonyl (C=O) groups is 1. The lowest BCUT2D eigenvalue weighted by Gasteiger charge is -2.24. The van der Waals surface area contributed by atoms with Gasteiger partial charge in [-0.05, 0) is 49.9 Å². The van der Waals surface area contributed by atoms with Crippen molar-refractivity contribution in [1.29, 1.82) is 0 Å². The molecule has 32 heavy (non-hydrogen) atoms. The van der Waals surface area contributed by atoms with Gasteiger partial charge in [0.25, 0.3) is 0 Å². The number of ketones is 1. The van der Waals surface area contributed by atoms with Crippen LogP contribution in [0.5, 0.6) is 5.75 Å². The Morgan fingerprint density at radius 1 is 0.875 bits per heavy atom. The standard InChI is InChI=1S/C25H23N5O2/c1-14-19-6-4-5-7-20(19)28-24(26-14)30-25-27-15(2)23-21(29-25)12-17(13-22(23)31)16-8-10-18(32-3)11-9-16/h4-11,17H,12-13H2,1-3H3,(H,26,27,28,29,30)/t17-/m1/s1. The fourth-order valence-electron chi connectivity index (χ4n) is 4.33. The van der Waals surface area contributed by atoms with Crippen LogP contribution in [0.4, 0.5) is 11.9 Å². The van der Waals surface area contributed by atoms with E-state index in [0.29, 0.717) is 36.0 Å². The van der Waals surface area contributed by atoms with Crippen LogP contribution in [0.2, 0.25) is 0 Å². The molecular weight excluding hydrogens is 402 g/mol. The maximum atomic E-state index is 12.9. The number of aromatic nitrogens is 4. The Labute approximate surface area is 185 Å². The van der Waals surface area contributed by atoms with Crippen LogP contribution in [-0.2, 0) is 6.42 Å². The molecule has 1 aliphatic carbocycles. The Balaban J connectivity index is 1.47. The molecule has 0 aliphatic heterocycles. The van der Waals surface area contributed by atoms with Crippen molar-refractivity contribution < 1.29 is 9.53 Å². The van der Waals surface area contributed by atoms with Gasteiger partial charge < -0.3 is 4.74 Å². The van der Waals surface area contributed by atoms with Gasteiger partial charge in [0.15, 0.2) is 5.78 Å². The minimum atomic E-state index is 0.0715. The molecule has 2 heterocycles. The van der Waals surface area contributed by atoms with Gasteiger partial charge in [0.1, 0.15) is 5.75 Å². The third-order valence-electron chi connectivity index (χ3n) is 5.92. The van der Waals surface area contributed by atoms with E-state index < -0.39 is 0 Å². The zero-order valence-corrected chi connectivity index (χ0v) is 18.2. The molecule has 0 fully saturated rings. The quantitative estimate of drug-likeness (QED) is 0.507. The summed E-state index contributed by atoms with van der Waals surface area (Å²) in [4.78, 5) is 31.3. The molecule has 0 bridgehead atoms. The molecule has 4 aromatic rings. The van der Waals surface area contributed by atoms with E-state index in [1.54, 1.807) is 7.11 Å². The molecule has 0 unspecified atom stereocenters. The maximum Gasteiger partial charge on any atom is 0.230 e. The molecule has 1 atom stereocenters. The van der Waals surface area contributed by atoms with Gasteiger partial charge in [-0.1, -0.05) is 30.3 Å². The van der Waals surface area contributed by atoms with E-state index in [-0.39, 0.29) is 11.7 Å². The van der Waals surface area contributed by atoms with Gasteiger partial charge in [-0.3, -0.25) is 10.1 Å². The first-order valence-electron chi connectivity index (χ1n) is 10.6. The minimum absolute atomic E-state index is 0.0715. The number of nitrogens with zero attached hydrogens (tertiary/aromatic N) is 4. The van der Waals surface area contributed by atoms with Crippen molar-refractivity contribution in [3.8, 4) is 5.75 Å². The van der Waals surface area contributed by atoms with Crippen LogP contribution in [0.15, 0.2) is 48.5 Å². The number of nitrogens with one attached hydrogen (secondary N) is 1. The summed E-state index contributed by atoms with van der Waals surface area (Å²) < 4.78 is 5.25. The van der Waals surface area contributed by atoms with Crippen molar-refractivity contribution in [2.75, 3.05) is 12.4 Å². The number of aryl methyl sites for hydroxylation is 2. The number of methoxy groups -OCH3 is 1. The molecule has 0 spiro atoms. The van der Waals surface area contributed by atoms with E-state index in [1.807, 2.05) is 62.4 Å². The summed E-state index contributed by atoms with van der Waals surface area (Å²) in [6.07, 6.45) is 1.12. The highest BCUT2D eigenvalue weighted by molar-refractivity contribution is 5.99. The molecule has 7 heteroatoms. The van der Waals surface area contributed by atoms with Gasteiger partial charge in [-0.25, -0.2) is 19.9 Å². The number of fused-ring (bicyclic) bond motifs is 2. The normalized spacial score (nSPS) is 15.5. The fraction of sp³-hybridized carbons (Fsp3) is 0.240. The third-order valence-corrected chi connectivity index (χ3v) is 5.92. The Hall–Kier alpha value is -3.87. The number of rotatable bonds is 4. The van der Waals surface area contributed by atoms with Crippen LogP contribution < -0.4 is 10.1 Å². The van der Waals surface area contributed by atoms with Crippen LogP contribution in [0, 0.1) is 13.8 Å². The van der Waals surface area contributed by atoms with Crippen LogP contribution >= 0.6 is 0 Å². The first-order chi connectivity index (χ1) is 15.5. The van der Waals surface area contributed by atoms with E-state index in [4.69, 9.17) is 9.72 Å². The molecule has 0 saturated carbocycles. The minimum Gasteiger partial charge on any atom is -0.497 e. The van der Waals surface area contributed by atoms with E-state index in [9.17, 15) is 4.79 Å². The Morgan fingerprint density at radius 2 is 1.59 bits per heavy atom. The van der Waals surface area contributed by atoms with Gasteiger partial charge in [-0.2, -0.15) is 0 Å². The van der Waals surface area contributed by atoms with Crippen molar-refractivity contribution in [2.45, 2.75) is 32.6 Å². The SMILES string of the molecule is COc1ccc([C@H]2CC(=O)c3c(C)nc(Nc4nc(C)c5ccccc5n4)nc3C2)cc1.